The maximum Gasteiger partial charge on any atom is 0.157 e. The molecule has 0 radical (unpaired) electrons. The van der Waals surface area contributed by atoms with E-state index in [0.29, 0.717) is 12.0 Å². The van der Waals surface area contributed by atoms with Gasteiger partial charge < -0.3 is 15.3 Å². The Morgan fingerprint density at radius 2 is 1.77 bits per heavy atom. The molecule has 0 aliphatic carbocycles. The Balaban J connectivity index is 3.15. The number of phenolic OH excluding ortho intramolecular Hbond substituents is 2. The molecule has 0 fully saturated rings. The van der Waals surface area contributed by atoms with Crippen LogP contribution in [0.3, 0.4) is 0 Å². The van der Waals surface area contributed by atoms with Gasteiger partial charge in [-0.3, -0.25) is 0 Å². The zero-order chi connectivity index (χ0) is 10.0. The Morgan fingerprint density at radius 3 is 2.31 bits per heavy atom. The van der Waals surface area contributed by atoms with E-state index in [4.69, 9.17) is 5.11 Å². The van der Waals surface area contributed by atoms with Gasteiger partial charge in [0, 0.05) is 0 Å². The van der Waals surface area contributed by atoms with Crippen molar-refractivity contribution in [3.05, 3.63) is 23.3 Å². The van der Waals surface area contributed by atoms with Gasteiger partial charge in [0.1, 0.15) is 0 Å². The van der Waals surface area contributed by atoms with Crippen LogP contribution in [0, 0.1) is 6.92 Å². The number of rotatable bonds is 2. The van der Waals surface area contributed by atoms with Gasteiger partial charge in [-0.2, -0.15) is 0 Å². The predicted octanol–water partition coefficient (Wildman–Crippen LogP) is 1.85. The Bertz CT molecular complexity index is 307. The summed E-state index contributed by atoms with van der Waals surface area (Å²) in [6, 6.07) is 2.85. The third-order valence-corrected chi connectivity index (χ3v) is 2.11. The first-order chi connectivity index (χ1) is 6.06. The summed E-state index contributed by atoms with van der Waals surface area (Å²) in [6.45, 7) is 3.64. The molecule has 1 rings (SSSR count). The molecule has 0 bridgehead atoms. The van der Waals surface area contributed by atoms with Gasteiger partial charge in [0.15, 0.2) is 11.5 Å². The van der Waals surface area contributed by atoms with Crippen LogP contribution in [0.25, 0.3) is 0 Å². The molecular weight excluding hydrogens is 168 g/mol. The highest BCUT2D eigenvalue weighted by molar-refractivity contribution is 5.45. The van der Waals surface area contributed by atoms with Crippen molar-refractivity contribution >= 4 is 0 Å². The van der Waals surface area contributed by atoms with E-state index in [1.807, 2.05) is 6.92 Å². The number of hydrogen-bond acceptors (Lipinski definition) is 3. The molecule has 1 aromatic carbocycles. The van der Waals surface area contributed by atoms with Crippen molar-refractivity contribution < 1.29 is 15.3 Å². The first kappa shape index (κ1) is 9.86. The highest BCUT2D eigenvalue weighted by atomic mass is 16.3. The zero-order valence-corrected chi connectivity index (χ0v) is 7.78. The zero-order valence-electron chi connectivity index (χ0n) is 7.78. The van der Waals surface area contributed by atoms with Gasteiger partial charge in [0.25, 0.3) is 0 Å². The highest BCUT2D eigenvalue weighted by Crippen LogP contribution is 2.31. The minimum absolute atomic E-state index is 0.149. The molecule has 72 valence electrons. The molecule has 0 aromatic heterocycles. The third kappa shape index (κ3) is 1.92. The summed E-state index contributed by atoms with van der Waals surface area (Å²) in [5.74, 6) is -0.336. The van der Waals surface area contributed by atoms with E-state index < -0.39 is 6.10 Å². The van der Waals surface area contributed by atoms with Crippen molar-refractivity contribution in [3.8, 4) is 11.5 Å². The number of aryl methyl sites for hydroxylation is 1. The van der Waals surface area contributed by atoms with Crippen LogP contribution in [0.15, 0.2) is 12.1 Å². The van der Waals surface area contributed by atoms with Crippen LogP contribution in [0.5, 0.6) is 11.5 Å². The second kappa shape index (κ2) is 3.66. The number of aliphatic hydroxyl groups excluding tert-OH is 1. The van der Waals surface area contributed by atoms with E-state index >= 15 is 0 Å². The lowest BCUT2D eigenvalue weighted by Gasteiger charge is -2.12. The molecule has 0 aliphatic rings. The smallest absolute Gasteiger partial charge is 0.157 e. The normalized spacial score (nSPS) is 12.8. The fourth-order valence-corrected chi connectivity index (χ4v) is 1.28. The van der Waals surface area contributed by atoms with Crippen LogP contribution in [-0.4, -0.2) is 15.3 Å². The van der Waals surface area contributed by atoms with Crippen molar-refractivity contribution in [3.63, 3.8) is 0 Å². The van der Waals surface area contributed by atoms with Crippen molar-refractivity contribution in [2.75, 3.05) is 0 Å². The molecule has 0 amide bonds. The van der Waals surface area contributed by atoms with E-state index in [1.165, 1.54) is 12.1 Å². The monoisotopic (exact) mass is 182 g/mol. The fourth-order valence-electron chi connectivity index (χ4n) is 1.28. The van der Waals surface area contributed by atoms with Gasteiger partial charge >= 0.3 is 0 Å². The second-order valence-corrected chi connectivity index (χ2v) is 3.12. The van der Waals surface area contributed by atoms with Gasteiger partial charge in [-0.25, -0.2) is 0 Å². The highest BCUT2D eigenvalue weighted by Gasteiger charge is 2.11. The van der Waals surface area contributed by atoms with E-state index in [-0.39, 0.29) is 11.5 Å². The van der Waals surface area contributed by atoms with Crippen LogP contribution in [-0.2, 0) is 0 Å². The van der Waals surface area contributed by atoms with E-state index in [0.717, 1.165) is 5.56 Å². The van der Waals surface area contributed by atoms with Crippen LogP contribution >= 0.6 is 0 Å². The summed E-state index contributed by atoms with van der Waals surface area (Å²) < 4.78 is 0. The summed E-state index contributed by atoms with van der Waals surface area (Å²) in [6.07, 6.45) is 0.0110. The summed E-state index contributed by atoms with van der Waals surface area (Å²) in [4.78, 5) is 0. The maximum atomic E-state index is 9.53. The van der Waals surface area contributed by atoms with Crippen LogP contribution in [0.4, 0.5) is 0 Å². The largest absolute Gasteiger partial charge is 0.504 e. The lowest BCUT2D eigenvalue weighted by atomic mass is 10.0. The summed E-state index contributed by atoms with van der Waals surface area (Å²) in [7, 11) is 0. The average Bonchev–Trinajstić information content (AvgIpc) is 2.10. The number of phenols is 2. The van der Waals surface area contributed by atoms with Crippen LogP contribution in [0.2, 0.25) is 0 Å². The van der Waals surface area contributed by atoms with E-state index in [9.17, 15) is 10.2 Å². The number of aliphatic hydroxyl groups is 1. The molecule has 1 aromatic rings. The van der Waals surface area contributed by atoms with Crippen LogP contribution in [0.1, 0.15) is 30.6 Å². The summed E-state index contributed by atoms with van der Waals surface area (Å²) in [5.41, 5.74) is 1.45. The molecule has 0 heterocycles. The van der Waals surface area contributed by atoms with Crippen molar-refractivity contribution in [1.82, 2.24) is 0 Å². The maximum absolute atomic E-state index is 9.53. The van der Waals surface area contributed by atoms with Gasteiger partial charge in [-0.1, -0.05) is 6.92 Å². The second-order valence-electron chi connectivity index (χ2n) is 3.12. The lowest BCUT2D eigenvalue weighted by molar-refractivity contribution is 0.172. The lowest BCUT2D eigenvalue weighted by Crippen LogP contribution is -1.97. The first-order valence-corrected chi connectivity index (χ1v) is 4.26. The van der Waals surface area contributed by atoms with Crippen LogP contribution < -0.4 is 0 Å². The fraction of sp³-hybridized carbons (Fsp3) is 0.400. The molecule has 0 spiro atoms. The number of hydrogen-bond donors (Lipinski definition) is 3. The minimum atomic E-state index is -0.577. The molecule has 0 saturated heterocycles. The Labute approximate surface area is 77.3 Å². The quantitative estimate of drug-likeness (QED) is 0.612. The molecule has 0 aliphatic heterocycles. The van der Waals surface area contributed by atoms with Crippen molar-refractivity contribution in [1.29, 1.82) is 0 Å². The van der Waals surface area contributed by atoms with Gasteiger partial charge in [-0.15, -0.1) is 0 Å². The standard InChI is InChI=1S/C10H14O3/c1-3-8(11)7-5-10(13)9(12)4-6(7)2/h4-5,8,11-13H,3H2,1-2H3/t8-/m0/s1. The predicted molar refractivity (Wildman–Crippen MR) is 49.8 cm³/mol. The Hall–Kier alpha value is -1.22. The SMILES string of the molecule is CC[C@H](O)c1cc(O)c(O)cc1C. The van der Waals surface area contributed by atoms with Crippen molar-refractivity contribution in [2.45, 2.75) is 26.4 Å². The topological polar surface area (TPSA) is 60.7 Å². The first-order valence-electron chi connectivity index (χ1n) is 4.26. The summed E-state index contributed by atoms with van der Waals surface area (Å²) >= 11 is 0. The minimum Gasteiger partial charge on any atom is -0.504 e. The molecule has 3 nitrogen and oxygen atoms in total. The summed E-state index contributed by atoms with van der Waals surface area (Å²) in [5, 5.41) is 27.9. The molecular formula is C10H14O3. The molecule has 3 heteroatoms. The van der Waals surface area contributed by atoms with Gasteiger partial charge in [0.2, 0.25) is 0 Å². The van der Waals surface area contributed by atoms with Crippen molar-refractivity contribution in [2.24, 2.45) is 0 Å². The molecule has 3 N–H and O–H groups in total. The molecule has 0 unspecified atom stereocenters. The average molecular weight is 182 g/mol. The number of aromatic hydroxyl groups is 2. The molecule has 13 heavy (non-hydrogen) atoms. The molecule has 0 saturated carbocycles. The third-order valence-electron chi connectivity index (χ3n) is 2.11. The number of benzene rings is 1. The van der Waals surface area contributed by atoms with E-state index in [1.54, 1.807) is 6.92 Å². The van der Waals surface area contributed by atoms with Gasteiger partial charge in [0.05, 0.1) is 6.10 Å². The van der Waals surface area contributed by atoms with E-state index in [2.05, 4.69) is 0 Å². The Kier molecular flexibility index (Phi) is 2.78. The van der Waals surface area contributed by atoms with Gasteiger partial charge in [-0.05, 0) is 36.6 Å². The molecule has 1 atom stereocenters. The Morgan fingerprint density at radius 1 is 1.23 bits per heavy atom.